The third-order valence-electron chi connectivity index (χ3n) is 3.23. The summed E-state index contributed by atoms with van der Waals surface area (Å²) in [6.07, 6.45) is 1.11. The summed E-state index contributed by atoms with van der Waals surface area (Å²) in [5, 5.41) is 3.47. The first-order valence-electron chi connectivity index (χ1n) is 6.21. The van der Waals surface area contributed by atoms with Gasteiger partial charge in [0, 0.05) is 12.2 Å². The summed E-state index contributed by atoms with van der Waals surface area (Å²) in [6.45, 7) is 7.99. The van der Waals surface area contributed by atoms with Gasteiger partial charge in [0.1, 0.15) is 5.75 Å². The number of aryl methyl sites for hydroxylation is 2. The van der Waals surface area contributed by atoms with Crippen molar-refractivity contribution in [3.05, 3.63) is 23.3 Å². The number of rotatable bonds is 6. The van der Waals surface area contributed by atoms with Crippen LogP contribution in [0.25, 0.3) is 0 Å². The van der Waals surface area contributed by atoms with Crippen LogP contribution in [-0.2, 0) is 0 Å². The average molecular weight is 236 g/mol. The molecule has 3 N–H and O–H groups in total. The van der Waals surface area contributed by atoms with E-state index in [2.05, 4.69) is 38.2 Å². The smallest absolute Gasteiger partial charge is 0.122 e. The van der Waals surface area contributed by atoms with Crippen molar-refractivity contribution in [2.24, 2.45) is 11.7 Å². The Balaban J connectivity index is 2.75. The fourth-order valence-electron chi connectivity index (χ4n) is 1.85. The Morgan fingerprint density at radius 1 is 1.29 bits per heavy atom. The number of hydrogen-bond donors (Lipinski definition) is 2. The fraction of sp³-hybridized carbons (Fsp3) is 0.571. The van der Waals surface area contributed by atoms with Crippen molar-refractivity contribution in [3.8, 4) is 5.75 Å². The van der Waals surface area contributed by atoms with Gasteiger partial charge in [0.15, 0.2) is 0 Å². The number of nitrogens with one attached hydrogen (secondary N) is 1. The van der Waals surface area contributed by atoms with Gasteiger partial charge in [0.05, 0.1) is 7.11 Å². The molecule has 1 aromatic rings. The average Bonchev–Trinajstić information content (AvgIpc) is 2.34. The van der Waals surface area contributed by atoms with E-state index < -0.39 is 0 Å². The van der Waals surface area contributed by atoms with Crippen LogP contribution in [0.2, 0.25) is 0 Å². The SMILES string of the molecule is CCC(CN)CNc1cc(C)c(OC)cc1C. The van der Waals surface area contributed by atoms with E-state index >= 15 is 0 Å². The van der Waals surface area contributed by atoms with Gasteiger partial charge >= 0.3 is 0 Å². The topological polar surface area (TPSA) is 47.3 Å². The van der Waals surface area contributed by atoms with Crippen LogP contribution in [0, 0.1) is 19.8 Å². The zero-order chi connectivity index (χ0) is 12.8. The lowest BCUT2D eigenvalue weighted by molar-refractivity contribution is 0.411. The summed E-state index contributed by atoms with van der Waals surface area (Å²) in [5.41, 5.74) is 9.24. The highest BCUT2D eigenvalue weighted by Gasteiger charge is 2.07. The minimum absolute atomic E-state index is 0.539. The van der Waals surface area contributed by atoms with Crippen LogP contribution < -0.4 is 15.8 Å². The maximum atomic E-state index is 5.70. The second kappa shape index (κ2) is 6.50. The van der Waals surface area contributed by atoms with Crippen LogP contribution in [0.1, 0.15) is 24.5 Å². The van der Waals surface area contributed by atoms with Crippen LogP contribution in [0.3, 0.4) is 0 Å². The normalized spacial score (nSPS) is 12.3. The Labute approximate surface area is 104 Å². The van der Waals surface area contributed by atoms with Crippen molar-refractivity contribution >= 4 is 5.69 Å². The van der Waals surface area contributed by atoms with Crippen molar-refractivity contribution in [3.63, 3.8) is 0 Å². The predicted molar refractivity (Wildman–Crippen MR) is 73.8 cm³/mol. The largest absolute Gasteiger partial charge is 0.496 e. The van der Waals surface area contributed by atoms with Crippen LogP contribution in [0.4, 0.5) is 5.69 Å². The molecule has 0 saturated carbocycles. The van der Waals surface area contributed by atoms with Gasteiger partial charge in [-0.05, 0) is 49.6 Å². The molecule has 0 aliphatic heterocycles. The highest BCUT2D eigenvalue weighted by atomic mass is 16.5. The summed E-state index contributed by atoms with van der Waals surface area (Å²) < 4.78 is 5.30. The van der Waals surface area contributed by atoms with Crippen molar-refractivity contribution in [1.29, 1.82) is 0 Å². The third kappa shape index (κ3) is 3.63. The predicted octanol–water partition coefficient (Wildman–Crippen LogP) is 2.71. The summed E-state index contributed by atoms with van der Waals surface area (Å²) >= 11 is 0. The van der Waals surface area contributed by atoms with E-state index in [1.807, 2.05) is 0 Å². The summed E-state index contributed by atoms with van der Waals surface area (Å²) in [6, 6.07) is 4.21. The Morgan fingerprint density at radius 3 is 2.53 bits per heavy atom. The number of methoxy groups -OCH3 is 1. The minimum Gasteiger partial charge on any atom is -0.496 e. The number of hydrogen-bond acceptors (Lipinski definition) is 3. The first kappa shape index (κ1) is 13.8. The number of nitrogens with two attached hydrogens (primary N) is 1. The zero-order valence-electron chi connectivity index (χ0n) is 11.3. The Morgan fingerprint density at radius 2 is 2.00 bits per heavy atom. The zero-order valence-corrected chi connectivity index (χ0v) is 11.3. The summed E-state index contributed by atoms with van der Waals surface area (Å²) in [5.74, 6) is 1.48. The van der Waals surface area contributed by atoms with Crippen molar-refractivity contribution in [2.45, 2.75) is 27.2 Å². The van der Waals surface area contributed by atoms with E-state index in [4.69, 9.17) is 10.5 Å². The van der Waals surface area contributed by atoms with Gasteiger partial charge in [-0.25, -0.2) is 0 Å². The van der Waals surface area contributed by atoms with E-state index in [0.29, 0.717) is 5.92 Å². The van der Waals surface area contributed by atoms with Crippen LogP contribution in [0.15, 0.2) is 12.1 Å². The van der Waals surface area contributed by atoms with E-state index in [1.165, 1.54) is 11.3 Å². The van der Waals surface area contributed by atoms with E-state index in [-0.39, 0.29) is 0 Å². The highest BCUT2D eigenvalue weighted by molar-refractivity contribution is 5.57. The second-order valence-electron chi connectivity index (χ2n) is 4.53. The van der Waals surface area contributed by atoms with Crippen LogP contribution >= 0.6 is 0 Å². The molecule has 3 nitrogen and oxygen atoms in total. The molecule has 0 fully saturated rings. The van der Waals surface area contributed by atoms with Crippen molar-refractivity contribution in [1.82, 2.24) is 0 Å². The lowest BCUT2D eigenvalue weighted by Gasteiger charge is -2.17. The summed E-state index contributed by atoms with van der Waals surface area (Å²) in [4.78, 5) is 0. The van der Waals surface area contributed by atoms with Gasteiger partial charge in [-0.2, -0.15) is 0 Å². The molecule has 0 aromatic heterocycles. The molecule has 1 unspecified atom stereocenters. The minimum atomic E-state index is 0.539. The highest BCUT2D eigenvalue weighted by Crippen LogP contribution is 2.26. The lowest BCUT2D eigenvalue weighted by Crippen LogP contribution is -2.22. The molecule has 1 rings (SSSR count). The molecule has 1 aromatic carbocycles. The molecule has 0 aliphatic rings. The Kier molecular flexibility index (Phi) is 5.29. The molecule has 0 bridgehead atoms. The van der Waals surface area contributed by atoms with E-state index in [1.54, 1.807) is 7.11 Å². The molecule has 0 saturated heterocycles. The molecule has 3 heteroatoms. The molecule has 96 valence electrons. The van der Waals surface area contributed by atoms with Gasteiger partial charge in [-0.1, -0.05) is 13.3 Å². The second-order valence-corrected chi connectivity index (χ2v) is 4.53. The van der Waals surface area contributed by atoms with Gasteiger partial charge in [-0.15, -0.1) is 0 Å². The maximum Gasteiger partial charge on any atom is 0.122 e. The van der Waals surface area contributed by atoms with Crippen LogP contribution in [-0.4, -0.2) is 20.2 Å². The molecule has 0 amide bonds. The lowest BCUT2D eigenvalue weighted by atomic mass is 10.1. The summed E-state index contributed by atoms with van der Waals surface area (Å²) in [7, 11) is 1.70. The van der Waals surface area contributed by atoms with E-state index in [9.17, 15) is 0 Å². The Hall–Kier alpha value is -1.22. The third-order valence-corrected chi connectivity index (χ3v) is 3.23. The van der Waals surface area contributed by atoms with E-state index in [0.717, 1.165) is 30.8 Å². The van der Waals surface area contributed by atoms with Crippen LogP contribution in [0.5, 0.6) is 5.75 Å². The molecule has 17 heavy (non-hydrogen) atoms. The van der Waals surface area contributed by atoms with Gasteiger partial charge in [0.25, 0.3) is 0 Å². The molecular weight excluding hydrogens is 212 g/mol. The molecule has 0 radical (unpaired) electrons. The molecule has 0 aliphatic carbocycles. The van der Waals surface area contributed by atoms with Crippen molar-refractivity contribution in [2.75, 3.05) is 25.5 Å². The number of anilines is 1. The standard InChI is InChI=1S/C14H24N2O/c1-5-12(8-15)9-16-13-6-11(3)14(17-4)7-10(13)2/h6-7,12,16H,5,8-9,15H2,1-4H3. The first-order valence-corrected chi connectivity index (χ1v) is 6.21. The van der Waals surface area contributed by atoms with Gasteiger partial charge in [0.2, 0.25) is 0 Å². The Bertz CT molecular complexity index is 359. The molecule has 0 spiro atoms. The monoisotopic (exact) mass is 236 g/mol. The number of ether oxygens (including phenoxy) is 1. The number of benzene rings is 1. The quantitative estimate of drug-likeness (QED) is 0.798. The van der Waals surface area contributed by atoms with Gasteiger partial charge in [-0.3, -0.25) is 0 Å². The molecule has 0 heterocycles. The maximum absolute atomic E-state index is 5.70. The molecular formula is C14H24N2O. The van der Waals surface area contributed by atoms with Crippen molar-refractivity contribution < 1.29 is 4.74 Å². The first-order chi connectivity index (χ1) is 8.12. The molecule has 1 atom stereocenters. The van der Waals surface area contributed by atoms with Gasteiger partial charge < -0.3 is 15.8 Å². The fourth-order valence-corrected chi connectivity index (χ4v) is 1.85.